The van der Waals surface area contributed by atoms with E-state index in [2.05, 4.69) is 9.88 Å². The van der Waals surface area contributed by atoms with Crippen molar-refractivity contribution in [3.8, 4) is 0 Å². The number of fused-ring (bicyclic) bond motifs is 1. The third-order valence-corrected chi connectivity index (χ3v) is 6.78. The van der Waals surface area contributed by atoms with Crippen LogP contribution in [0.25, 0.3) is 11.1 Å². The molecule has 1 aromatic heterocycles. The van der Waals surface area contributed by atoms with Crippen LogP contribution < -0.4 is 10.7 Å². The summed E-state index contributed by atoms with van der Waals surface area (Å²) in [5.41, 5.74) is 2.84. The number of aromatic amines is 1. The Morgan fingerprint density at radius 3 is 2.50 bits per heavy atom. The Labute approximate surface area is 150 Å². The van der Waals surface area contributed by atoms with Crippen LogP contribution in [0.3, 0.4) is 0 Å². The van der Waals surface area contributed by atoms with Crippen LogP contribution in [0.4, 0.5) is 5.69 Å². The molecule has 136 valence electrons. The third-order valence-electron chi connectivity index (χ3n) is 4.72. The number of aryl methyl sites for hydroxylation is 1. The summed E-state index contributed by atoms with van der Waals surface area (Å²) >= 11 is 0. The van der Waals surface area contributed by atoms with E-state index in [1.54, 1.807) is 18.2 Å². The maximum atomic E-state index is 12.9. The minimum atomic E-state index is -3.49. The fourth-order valence-electron chi connectivity index (χ4n) is 3.31. The minimum Gasteiger partial charge on any atom is -0.408 e. The average Bonchev–Trinajstić information content (AvgIpc) is 3.01. The van der Waals surface area contributed by atoms with Crippen LogP contribution in [0.15, 0.2) is 56.6 Å². The zero-order chi connectivity index (χ0) is 18.3. The van der Waals surface area contributed by atoms with Gasteiger partial charge >= 0.3 is 5.76 Å². The van der Waals surface area contributed by atoms with E-state index in [9.17, 15) is 13.2 Å². The summed E-state index contributed by atoms with van der Waals surface area (Å²) in [5.74, 6) is -0.480. The van der Waals surface area contributed by atoms with Gasteiger partial charge in [-0.15, -0.1) is 0 Å². The van der Waals surface area contributed by atoms with Crippen LogP contribution in [0.1, 0.15) is 5.56 Å². The number of hydrogen-bond acceptors (Lipinski definition) is 5. The summed E-state index contributed by atoms with van der Waals surface area (Å²) in [6.45, 7) is 3.80. The van der Waals surface area contributed by atoms with E-state index in [1.807, 2.05) is 31.2 Å². The smallest absolute Gasteiger partial charge is 0.408 e. The van der Waals surface area contributed by atoms with E-state index >= 15 is 0 Å². The van der Waals surface area contributed by atoms with E-state index in [0.29, 0.717) is 42.2 Å². The van der Waals surface area contributed by atoms with Gasteiger partial charge in [0, 0.05) is 31.9 Å². The predicted molar refractivity (Wildman–Crippen MR) is 99.0 cm³/mol. The van der Waals surface area contributed by atoms with Crippen molar-refractivity contribution in [1.82, 2.24) is 9.29 Å². The Morgan fingerprint density at radius 2 is 1.77 bits per heavy atom. The van der Waals surface area contributed by atoms with Crippen molar-refractivity contribution in [3.63, 3.8) is 0 Å². The topological polar surface area (TPSA) is 86.6 Å². The number of nitrogens with one attached hydrogen (secondary N) is 1. The largest absolute Gasteiger partial charge is 0.417 e. The molecule has 0 radical (unpaired) electrons. The number of piperazine rings is 1. The number of oxazole rings is 1. The maximum absolute atomic E-state index is 12.9. The highest BCUT2D eigenvalue weighted by molar-refractivity contribution is 7.89. The standard InChI is InChI=1S/C18H19N3O4S/c1-13-4-2-3-5-17(13)26(23,24)21-10-8-20(9-11-21)14-6-7-16-15(12-14)19-18(22)25-16/h2-7,12H,8-11H2,1H3,(H,19,22). The average molecular weight is 373 g/mol. The molecule has 0 amide bonds. The van der Waals surface area contributed by atoms with Crippen LogP contribution in [0, 0.1) is 6.92 Å². The number of aromatic nitrogens is 1. The molecule has 0 bridgehead atoms. The van der Waals surface area contributed by atoms with Crippen molar-refractivity contribution in [1.29, 1.82) is 0 Å². The van der Waals surface area contributed by atoms with Gasteiger partial charge in [0.2, 0.25) is 10.0 Å². The maximum Gasteiger partial charge on any atom is 0.417 e. The fraction of sp³-hybridized carbons (Fsp3) is 0.278. The molecule has 2 aromatic carbocycles. The molecule has 0 saturated carbocycles. The van der Waals surface area contributed by atoms with E-state index < -0.39 is 15.8 Å². The molecule has 26 heavy (non-hydrogen) atoms. The van der Waals surface area contributed by atoms with Gasteiger partial charge in [-0.25, -0.2) is 13.2 Å². The van der Waals surface area contributed by atoms with Gasteiger partial charge in [-0.3, -0.25) is 4.98 Å². The second-order valence-corrected chi connectivity index (χ2v) is 8.26. The second-order valence-electron chi connectivity index (χ2n) is 6.35. The molecule has 1 aliphatic rings. The highest BCUT2D eigenvalue weighted by Gasteiger charge is 2.29. The number of benzene rings is 2. The van der Waals surface area contributed by atoms with Gasteiger partial charge in [-0.1, -0.05) is 18.2 Å². The van der Waals surface area contributed by atoms with Crippen molar-refractivity contribution in [2.45, 2.75) is 11.8 Å². The summed E-state index contributed by atoms with van der Waals surface area (Å²) in [4.78, 5) is 16.4. The van der Waals surface area contributed by atoms with Crippen LogP contribution in [-0.4, -0.2) is 43.9 Å². The van der Waals surface area contributed by atoms with E-state index in [4.69, 9.17) is 4.42 Å². The lowest BCUT2D eigenvalue weighted by Gasteiger charge is -2.35. The summed E-state index contributed by atoms with van der Waals surface area (Å²) in [7, 11) is -3.49. The molecule has 8 heteroatoms. The van der Waals surface area contributed by atoms with Crippen molar-refractivity contribution >= 4 is 26.8 Å². The minimum absolute atomic E-state index is 0.367. The summed E-state index contributed by atoms with van der Waals surface area (Å²) < 4.78 is 32.3. The van der Waals surface area contributed by atoms with Gasteiger partial charge in [-0.05, 0) is 36.8 Å². The zero-order valence-electron chi connectivity index (χ0n) is 14.3. The second kappa shape index (κ2) is 6.30. The molecule has 1 fully saturated rings. The molecule has 0 unspecified atom stereocenters. The van der Waals surface area contributed by atoms with Crippen molar-refractivity contribution in [3.05, 3.63) is 58.6 Å². The van der Waals surface area contributed by atoms with E-state index in [1.165, 1.54) is 4.31 Å². The first-order valence-corrected chi connectivity index (χ1v) is 9.83. The Balaban J connectivity index is 1.53. The molecule has 2 heterocycles. The molecule has 7 nitrogen and oxygen atoms in total. The van der Waals surface area contributed by atoms with Crippen molar-refractivity contribution < 1.29 is 12.8 Å². The van der Waals surface area contributed by atoms with Crippen LogP contribution in [0.5, 0.6) is 0 Å². The monoisotopic (exact) mass is 373 g/mol. The fourth-order valence-corrected chi connectivity index (χ4v) is 4.96. The van der Waals surface area contributed by atoms with Gasteiger partial charge in [-0.2, -0.15) is 4.31 Å². The lowest BCUT2D eigenvalue weighted by Crippen LogP contribution is -2.48. The zero-order valence-corrected chi connectivity index (χ0v) is 15.1. The Hall–Kier alpha value is -2.58. The first kappa shape index (κ1) is 16.9. The molecule has 0 aliphatic carbocycles. The lowest BCUT2D eigenvalue weighted by molar-refractivity contribution is 0.384. The lowest BCUT2D eigenvalue weighted by atomic mass is 10.2. The number of rotatable bonds is 3. The molecular weight excluding hydrogens is 354 g/mol. The van der Waals surface area contributed by atoms with Crippen LogP contribution in [-0.2, 0) is 10.0 Å². The molecule has 1 saturated heterocycles. The number of H-pyrrole nitrogens is 1. The highest BCUT2D eigenvalue weighted by Crippen LogP contribution is 2.24. The number of nitrogens with zero attached hydrogens (tertiary/aromatic N) is 2. The molecule has 1 N–H and O–H groups in total. The number of sulfonamides is 1. The predicted octanol–water partition coefficient (Wildman–Crippen LogP) is 1.94. The molecule has 0 spiro atoms. The van der Waals surface area contributed by atoms with Gasteiger partial charge in [0.05, 0.1) is 10.4 Å². The SMILES string of the molecule is Cc1ccccc1S(=O)(=O)N1CCN(c2ccc3oc(=O)[nH]c3c2)CC1. The number of anilines is 1. The number of hydrogen-bond donors (Lipinski definition) is 1. The van der Waals surface area contributed by atoms with Crippen molar-refractivity contribution in [2.75, 3.05) is 31.1 Å². The molecular formula is C18H19N3O4S. The Kier molecular flexibility index (Phi) is 4.08. The quantitative estimate of drug-likeness (QED) is 0.758. The van der Waals surface area contributed by atoms with Gasteiger partial charge in [0.1, 0.15) is 0 Å². The molecule has 3 aromatic rings. The van der Waals surface area contributed by atoms with Gasteiger partial charge in [0.15, 0.2) is 5.58 Å². The summed E-state index contributed by atoms with van der Waals surface area (Å²) in [5, 5.41) is 0. The van der Waals surface area contributed by atoms with E-state index in [0.717, 1.165) is 11.3 Å². The molecule has 1 aliphatic heterocycles. The van der Waals surface area contributed by atoms with Crippen LogP contribution >= 0.6 is 0 Å². The first-order valence-electron chi connectivity index (χ1n) is 8.39. The first-order chi connectivity index (χ1) is 12.4. The van der Waals surface area contributed by atoms with Gasteiger partial charge < -0.3 is 9.32 Å². The van der Waals surface area contributed by atoms with E-state index in [-0.39, 0.29) is 0 Å². The Bertz CT molecular complexity index is 1110. The Morgan fingerprint density at radius 1 is 1.04 bits per heavy atom. The van der Waals surface area contributed by atoms with Gasteiger partial charge in [0.25, 0.3) is 0 Å². The van der Waals surface area contributed by atoms with Crippen LogP contribution in [0.2, 0.25) is 0 Å². The third kappa shape index (κ3) is 2.91. The normalized spacial score (nSPS) is 16.3. The molecule has 4 rings (SSSR count). The van der Waals surface area contributed by atoms with Crippen molar-refractivity contribution in [2.24, 2.45) is 0 Å². The summed E-state index contributed by atoms with van der Waals surface area (Å²) in [6, 6.07) is 12.5. The summed E-state index contributed by atoms with van der Waals surface area (Å²) in [6.07, 6.45) is 0. The molecule has 0 atom stereocenters. The highest BCUT2D eigenvalue weighted by atomic mass is 32.2.